The number of rotatable bonds is 4. The Morgan fingerprint density at radius 2 is 1.96 bits per heavy atom. The van der Waals surface area contributed by atoms with Gasteiger partial charge in [-0.3, -0.25) is 9.97 Å². The molecule has 0 N–H and O–H groups in total. The molecule has 25 heavy (non-hydrogen) atoms. The minimum absolute atomic E-state index is 0.127. The molecule has 4 heterocycles. The van der Waals surface area contributed by atoms with Crippen molar-refractivity contribution in [3.05, 3.63) is 59.2 Å². The highest BCUT2D eigenvalue weighted by Gasteiger charge is 2.26. The van der Waals surface area contributed by atoms with Crippen molar-refractivity contribution in [2.24, 2.45) is 0 Å². The molecule has 4 aromatic rings. The van der Waals surface area contributed by atoms with Crippen molar-refractivity contribution >= 4 is 32.4 Å². The molecule has 0 spiro atoms. The van der Waals surface area contributed by atoms with Crippen LogP contribution in [0.5, 0.6) is 0 Å². The predicted octanol–water partition coefficient (Wildman–Crippen LogP) is 6.08. The van der Waals surface area contributed by atoms with E-state index in [1.165, 1.54) is 15.0 Å². The van der Waals surface area contributed by atoms with Gasteiger partial charge in [-0.05, 0) is 30.2 Å². The third kappa shape index (κ3) is 3.07. The lowest BCUT2D eigenvalue weighted by Gasteiger charge is -2.21. The zero-order valence-electron chi connectivity index (χ0n) is 15.0. The molecule has 4 aromatic heterocycles. The zero-order chi connectivity index (χ0) is 17.6. The van der Waals surface area contributed by atoms with Crippen molar-refractivity contribution in [2.75, 3.05) is 0 Å². The molecule has 0 unspecified atom stereocenters. The number of aromatic nitrogens is 2. The molecule has 0 aliphatic carbocycles. The molecular formula is C21H22N2OS. The van der Waals surface area contributed by atoms with Crippen molar-refractivity contribution in [1.29, 1.82) is 0 Å². The molecule has 0 saturated carbocycles. The van der Waals surface area contributed by atoms with E-state index in [0.29, 0.717) is 5.92 Å². The zero-order valence-corrected chi connectivity index (χ0v) is 15.9. The topological polar surface area (TPSA) is 38.9 Å². The second-order valence-electron chi connectivity index (χ2n) is 7.60. The minimum Gasteiger partial charge on any atom is -0.460 e. The van der Waals surface area contributed by atoms with Crippen LogP contribution in [0, 0.1) is 0 Å². The molecule has 0 aliphatic rings. The molecule has 4 rings (SSSR count). The van der Waals surface area contributed by atoms with Gasteiger partial charge in [-0.1, -0.05) is 27.7 Å². The van der Waals surface area contributed by atoms with Crippen LogP contribution in [-0.4, -0.2) is 9.97 Å². The summed E-state index contributed by atoms with van der Waals surface area (Å²) >= 11 is 1.87. The van der Waals surface area contributed by atoms with Crippen LogP contribution in [-0.2, 0) is 11.8 Å². The van der Waals surface area contributed by atoms with E-state index in [0.717, 1.165) is 28.8 Å². The normalized spacial score (nSPS) is 12.5. The second-order valence-corrected chi connectivity index (χ2v) is 8.72. The summed E-state index contributed by atoms with van der Waals surface area (Å²) in [4.78, 5) is 10.3. The molecular weight excluding hydrogens is 328 g/mol. The molecule has 0 atom stereocenters. The molecule has 3 nitrogen and oxygen atoms in total. The third-order valence-corrected chi connectivity index (χ3v) is 6.05. The van der Waals surface area contributed by atoms with E-state index in [9.17, 15) is 0 Å². The van der Waals surface area contributed by atoms with Gasteiger partial charge in [0.1, 0.15) is 11.3 Å². The summed E-state index contributed by atoms with van der Waals surface area (Å²) < 4.78 is 7.38. The monoisotopic (exact) mass is 350 g/mol. The number of nitrogens with zero attached hydrogens (tertiary/aromatic N) is 2. The molecule has 0 saturated heterocycles. The van der Waals surface area contributed by atoms with Gasteiger partial charge in [0.25, 0.3) is 0 Å². The smallest absolute Gasteiger partial charge is 0.137 e. The third-order valence-electron chi connectivity index (χ3n) is 4.65. The van der Waals surface area contributed by atoms with Gasteiger partial charge >= 0.3 is 0 Å². The Labute approximate surface area is 151 Å². The average molecular weight is 350 g/mol. The molecule has 0 aromatic carbocycles. The Bertz CT molecular complexity index is 1010. The van der Waals surface area contributed by atoms with Crippen molar-refractivity contribution in [3.63, 3.8) is 0 Å². The molecule has 0 amide bonds. The maximum atomic E-state index is 6.06. The largest absolute Gasteiger partial charge is 0.460 e. The second kappa shape index (κ2) is 5.95. The molecule has 128 valence electrons. The van der Waals surface area contributed by atoms with Gasteiger partial charge in [-0.2, -0.15) is 0 Å². The number of fused-ring (bicyclic) bond motifs is 2. The summed E-state index contributed by atoms with van der Waals surface area (Å²) in [6.45, 7) is 8.88. The maximum absolute atomic E-state index is 6.06. The van der Waals surface area contributed by atoms with E-state index in [4.69, 9.17) is 9.40 Å². The van der Waals surface area contributed by atoms with Gasteiger partial charge in [-0.15, -0.1) is 11.3 Å². The lowest BCUT2D eigenvalue weighted by atomic mass is 9.85. The summed E-state index contributed by atoms with van der Waals surface area (Å²) in [6, 6.07) is 8.51. The number of thiophene rings is 1. The SMILES string of the molecule is CC(C)c1cc2cnc(CC(C)(C)c3cc4cnccc4o3)cc2s1. The highest BCUT2D eigenvalue weighted by Crippen LogP contribution is 2.34. The Morgan fingerprint density at radius 3 is 2.72 bits per heavy atom. The van der Waals surface area contributed by atoms with Crippen LogP contribution in [0.25, 0.3) is 21.1 Å². The van der Waals surface area contributed by atoms with Crippen molar-refractivity contribution in [2.45, 2.75) is 45.4 Å². The number of furan rings is 1. The Hall–Kier alpha value is -2.20. The summed E-state index contributed by atoms with van der Waals surface area (Å²) in [5.74, 6) is 1.54. The van der Waals surface area contributed by atoms with E-state index in [1.54, 1.807) is 6.20 Å². The maximum Gasteiger partial charge on any atom is 0.137 e. The molecule has 4 heteroatoms. The Morgan fingerprint density at radius 1 is 1.12 bits per heavy atom. The molecule has 0 fully saturated rings. The van der Waals surface area contributed by atoms with Gasteiger partial charge in [-0.25, -0.2) is 0 Å². The predicted molar refractivity (Wildman–Crippen MR) is 104 cm³/mol. The van der Waals surface area contributed by atoms with Gasteiger partial charge in [0, 0.05) is 56.5 Å². The number of hydrogen-bond acceptors (Lipinski definition) is 4. The van der Waals surface area contributed by atoms with Gasteiger partial charge in [0.2, 0.25) is 0 Å². The van der Waals surface area contributed by atoms with Crippen LogP contribution in [0.2, 0.25) is 0 Å². The van der Waals surface area contributed by atoms with Crippen molar-refractivity contribution < 1.29 is 4.42 Å². The fourth-order valence-corrected chi connectivity index (χ4v) is 4.23. The van der Waals surface area contributed by atoms with Crippen LogP contribution in [0.3, 0.4) is 0 Å². The summed E-state index contributed by atoms with van der Waals surface area (Å²) in [6.07, 6.45) is 6.46. The lowest BCUT2D eigenvalue weighted by molar-refractivity contribution is 0.396. The van der Waals surface area contributed by atoms with Crippen LogP contribution in [0.15, 0.2) is 47.3 Å². The van der Waals surface area contributed by atoms with E-state index in [2.05, 4.69) is 50.9 Å². The van der Waals surface area contributed by atoms with Crippen LogP contribution < -0.4 is 0 Å². The van der Waals surface area contributed by atoms with Crippen molar-refractivity contribution in [3.8, 4) is 0 Å². The minimum atomic E-state index is -0.127. The first-order valence-electron chi connectivity index (χ1n) is 8.65. The van der Waals surface area contributed by atoms with Crippen LogP contribution in [0.1, 0.15) is 49.9 Å². The Balaban J connectivity index is 1.66. The Kier molecular flexibility index (Phi) is 3.88. The van der Waals surface area contributed by atoms with E-state index < -0.39 is 0 Å². The first kappa shape index (κ1) is 16.3. The van der Waals surface area contributed by atoms with Gasteiger partial charge in [0.05, 0.1) is 0 Å². The fourth-order valence-electron chi connectivity index (χ4n) is 3.13. The quantitative estimate of drug-likeness (QED) is 0.447. The molecule has 0 radical (unpaired) electrons. The van der Waals surface area contributed by atoms with Crippen LogP contribution in [0.4, 0.5) is 0 Å². The molecule has 0 bridgehead atoms. The van der Waals surface area contributed by atoms with E-state index in [1.807, 2.05) is 29.8 Å². The average Bonchev–Trinajstić information content (AvgIpc) is 3.18. The van der Waals surface area contributed by atoms with Crippen LogP contribution >= 0.6 is 11.3 Å². The molecule has 0 aliphatic heterocycles. The van der Waals surface area contributed by atoms with E-state index >= 15 is 0 Å². The summed E-state index contributed by atoms with van der Waals surface area (Å²) in [7, 11) is 0. The van der Waals surface area contributed by atoms with Gasteiger partial charge in [0.15, 0.2) is 0 Å². The standard InChI is InChI=1S/C21H22N2OS/c1-13(2)18-7-15-12-23-16(9-19(15)25-18)10-21(3,4)20-8-14-11-22-6-5-17(14)24-20/h5-9,11-13H,10H2,1-4H3. The summed E-state index contributed by atoms with van der Waals surface area (Å²) in [5, 5.41) is 2.29. The number of pyridine rings is 2. The first-order valence-corrected chi connectivity index (χ1v) is 9.46. The van der Waals surface area contributed by atoms with E-state index in [-0.39, 0.29) is 5.41 Å². The fraction of sp³-hybridized carbons (Fsp3) is 0.333. The summed E-state index contributed by atoms with van der Waals surface area (Å²) in [5.41, 5.74) is 1.87. The lowest BCUT2D eigenvalue weighted by Crippen LogP contribution is -2.20. The van der Waals surface area contributed by atoms with Gasteiger partial charge < -0.3 is 4.42 Å². The first-order chi connectivity index (χ1) is 11.9. The highest BCUT2D eigenvalue weighted by molar-refractivity contribution is 7.19. The highest BCUT2D eigenvalue weighted by atomic mass is 32.1. The number of hydrogen-bond donors (Lipinski definition) is 0. The van der Waals surface area contributed by atoms with Crippen molar-refractivity contribution in [1.82, 2.24) is 9.97 Å².